The lowest BCUT2D eigenvalue weighted by Crippen LogP contribution is -2.46. The molecule has 0 aliphatic carbocycles. The Morgan fingerprint density at radius 1 is 1.39 bits per heavy atom. The van der Waals surface area contributed by atoms with Gasteiger partial charge in [-0.2, -0.15) is 11.8 Å². The zero-order valence-electron chi connectivity index (χ0n) is 12.3. The molecule has 0 aliphatic heterocycles. The first kappa shape index (κ1) is 17.8. The van der Waals surface area contributed by atoms with Crippen LogP contribution in [0.25, 0.3) is 0 Å². The first-order valence-electron chi connectivity index (χ1n) is 6.97. The quantitative estimate of drug-likeness (QED) is 0.491. The summed E-state index contributed by atoms with van der Waals surface area (Å²) in [6.45, 7) is 8.47. The molecule has 4 heteroatoms. The molecular weight excluding hydrogens is 246 g/mol. The zero-order chi connectivity index (χ0) is 14.0. The molecule has 18 heavy (non-hydrogen) atoms. The number of thioether (sulfide) groups is 1. The van der Waals surface area contributed by atoms with Crippen LogP contribution >= 0.6 is 11.8 Å². The molecule has 108 valence electrons. The summed E-state index contributed by atoms with van der Waals surface area (Å²) in [5.41, 5.74) is 5.13. The fourth-order valence-electron chi connectivity index (χ4n) is 1.50. The van der Waals surface area contributed by atoms with Crippen LogP contribution in [0, 0.1) is 5.92 Å². The lowest BCUT2D eigenvalue weighted by atomic mass is 9.96. The molecule has 3 nitrogen and oxygen atoms in total. The third-order valence-electron chi connectivity index (χ3n) is 3.08. The molecule has 2 N–H and O–H groups in total. The smallest absolute Gasteiger partial charge is 0.325 e. The Labute approximate surface area is 116 Å². The summed E-state index contributed by atoms with van der Waals surface area (Å²) in [6, 6.07) is 0. The van der Waals surface area contributed by atoms with Crippen LogP contribution in [0.2, 0.25) is 0 Å². The molecule has 0 spiro atoms. The average Bonchev–Trinajstić information content (AvgIpc) is 2.33. The van der Waals surface area contributed by atoms with E-state index < -0.39 is 5.54 Å². The van der Waals surface area contributed by atoms with Crippen molar-refractivity contribution in [1.82, 2.24) is 0 Å². The molecule has 0 saturated carbocycles. The average molecular weight is 275 g/mol. The summed E-state index contributed by atoms with van der Waals surface area (Å²) in [7, 11) is 0. The van der Waals surface area contributed by atoms with Crippen molar-refractivity contribution in [3.8, 4) is 0 Å². The van der Waals surface area contributed by atoms with Crippen LogP contribution in [0.15, 0.2) is 0 Å². The third kappa shape index (κ3) is 7.98. The largest absolute Gasteiger partial charge is 0.465 e. The number of esters is 1. The summed E-state index contributed by atoms with van der Waals surface area (Å²) in [5, 5.41) is 0. The van der Waals surface area contributed by atoms with Gasteiger partial charge in [-0.15, -0.1) is 0 Å². The minimum atomic E-state index is -0.822. The van der Waals surface area contributed by atoms with Crippen LogP contribution in [0.3, 0.4) is 0 Å². The number of nitrogens with two attached hydrogens (primary N) is 1. The van der Waals surface area contributed by atoms with Crippen LogP contribution in [0.4, 0.5) is 0 Å². The van der Waals surface area contributed by atoms with Gasteiger partial charge in [0.05, 0.1) is 6.61 Å². The highest BCUT2D eigenvalue weighted by molar-refractivity contribution is 7.99. The van der Waals surface area contributed by atoms with Crippen LogP contribution in [-0.2, 0) is 9.53 Å². The van der Waals surface area contributed by atoms with E-state index in [4.69, 9.17) is 10.5 Å². The zero-order valence-corrected chi connectivity index (χ0v) is 13.1. The monoisotopic (exact) mass is 275 g/mol. The van der Waals surface area contributed by atoms with Gasteiger partial charge in [-0.3, -0.25) is 4.79 Å². The minimum Gasteiger partial charge on any atom is -0.465 e. The Morgan fingerprint density at radius 3 is 2.61 bits per heavy atom. The summed E-state index contributed by atoms with van der Waals surface area (Å²) in [6.07, 6.45) is 4.05. The molecule has 2 atom stereocenters. The van der Waals surface area contributed by atoms with E-state index in [0.717, 1.165) is 24.5 Å². The van der Waals surface area contributed by atoms with Crippen molar-refractivity contribution in [2.45, 2.75) is 58.9 Å². The summed E-state index contributed by atoms with van der Waals surface area (Å²) in [5.74, 6) is 2.91. The van der Waals surface area contributed by atoms with Crippen LogP contribution in [-0.4, -0.2) is 29.6 Å². The standard InChI is InChI=1S/C14H29NO2S/c1-5-12(3)11-18-10-8-7-9-14(4,15)13(16)17-6-2/h12H,5-11,15H2,1-4H3. The van der Waals surface area contributed by atoms with Crippen molar-refractivity contribution >= 4 is 17.7 Å². The summed E-state index contributed by atoms with van der Waals surface area (Å²) >= 11 is 2.00. The number of carbonyl (C=O) groups is 1. The van der Waals surface area contributed by atoms with E-state index in [1.54, 1.807) is 13.8 Å². The van der Waals surface area contributed by atoms with Gasteiger partial charge in [-0.1, -0.05) is 26.7 Å². The van der Waals surface area contributed by atoms with Crippen molar-refractivity contribution in [2.75, 3.05) is 18.1 Å². The second-order valence-electron chi connectivity index (χ2n) is 5.18. The molecule has 0 heterocycles. The van der Waals surface area contributed by atoms with Gasteiger partial charge in [0.25, 0.3) is 0 Å². The number of unbranched alkanes of at least 4 members (excludes halogenated alkanes) is 1. The number of hydrogen-bond donors (Lipinski definition) is 1. The second-order valence-corrected chi connectivity index (χ2v) is 6.33. The first-order valence-corrected chi connectivity index (χ1v) is 8.13. The molecule has 0 fully saturated rings. The van der Waals surface area contributed by atoms with E-state index in [2.05, 4.69) is 13.8 Å². The van der Waals surface area contributed by atoms with Gasteiger partial charge in [0.15, 0.2) is 0 Å². The molecule has 0 saturated heterocycles. The highest BCUT2D eigenvalue weighted by Crippen LogP contribution is 2.17. The molecule has 0 radical (unpaired) electrons. The Morgan fingerprint density at radius 2 is 2.06 bits per heavy atom. The van der Waals surface area contributed by atoms with Crippen molar-refractivity contribution < 1.29 is 9.53 Å². The van der Waals surface area contributed by atoms with E-state index in [1.807, 2.05) is 11.8 Å². The maximum atomic E-state index is 11.6. The predicted octanol–water partition coefficient (Wildman–Crippen LogP) is 3.22. The molecule has 0 aromatic carbocycles. The topological polar surface area (TPSA) is 52.3 Å². The van der Waals surface area contributed by atoms with Crippen LogP contribution in [0.5, 0.6) is 0 Å². The number of carbonyl (C=O) groups excluding carboxylic acids is 1. The van der Waals surface area contributed by atoms with Gasteiger partial charge < -0.3 is 10.5 Å². The van der Waals surface area contributed by atoms with E-state index in [0.29, 0.717) is 13.0 Å². The Hall–Kier alpha value is -0.220. The summed E-state index contributed by atoms with van der Waals surface area (Å²) in [4.78, 5) is 11.6. The van der Waals surface area contributed by atoms with E-state index >= 15 is 0 Å². The SMILES string of the molecule is CCOC(=O)C(C)(N)CCCCSCC(C)CC. The van der Waals surface area contributed by atoms with Crippen molar-refractivity contribution in [3.05, 3.63) is 0 Å². The second kappa shape index (κ2) is 9.68. The fraction of sp³-hybridized carbons (Fsp3) is 0.929. The van der Waals surface area contributed by atoms with Gasteiger partial charge in [0.1, 0.15) is 5.54 Å². The normalized spacial score (nSPS) is 16.1. The first-order chi connectivity index (χ1) is 8.44. The van der Waals surface area contributed by atoms with Crippen LogP contribution in [0.1, 0.15) is 53.4 Å². The Bertz CT molecular complexity index is 232. The van der Waals surface area contributed by atoms with Crippen molar-refractivity contribution in [1.29, 1.82) is 0 Å². The van der Waals surface area contributed by atoms with E-state index in [-0.39, 0.29) is 5.97 Å². The predicted molar refractivity (Wildman–Crippen MR) is 79.9 cm³/mol. The highest BCUT2D eigenvalue weighted by Gasteiger charge is 2.28. The third-order valence-corrected chi connectivity index (χ3v) is 4.46. The molecule has 0 rings (SSSR count). The molecule has 0 bridgehead atoms. The fourth-order valence-corrected chi connectivity index (χ4v) is 2.71. The van der Waals surface area contributed by atoms with Gasteiger partial charge in [-0.05, 0) is 44.1 Å². The molecular formula is C14H29NO2S. The summed E-state index contributed by atoms with van der Waals surface area (Å²) < 4.78 is 4.96. The maximum absolute atomic E-state index is 11.6. The molecule has 0 amide bonds. The number of ether oxygens (including phenoxy) is 1. The lowest BCUT2D eigenvalue weighted by Gasteiger charge is -2.21. The van der Waals surface area contributed by atoms with Crippen molar-refractivity contribution in [2.24, 2.45) is 11.7 Å². The van der Waals surface area contributed by atoms with Crippen LogP contribution < -0.4 is 5.73 Å². The van der Waals surface area contributed by atoms with Crippen molar-refractivity contribution in [3.63, 3.8) is 0 Å². The molecule has 0 aromatic heterocycles. The Kier molecular flexibility index (Phi) is 9.56. The lowest BCUT2D eigenvalue weighted by molar-refractivity contribution is -0.149. The van der Waals surface area contributed by atoms with E-state index in [1.165, 1.54) is 12.2 Å². The highest BCUT2D eigenvalue weighted by atomic mass is 32.2. The van der Waals surface area contributed by atoms with Gasteiger partial charge in [0, 0.05) is 0 Å². The Balaban J connectivity index is 3.61. The van der Waals surface area contributed by atoms with E-state index in [9.17, 15) is 4.79 Å². The molecule has 0 aromatic rings. The van der Waals surface area contributed by atoms with Gasteiger partial charge in [-0.25, -0.2) is 0 Å². The van der Waals surface area contributed by atoms with Gasteiger partial charge >= 0.3 is 5.97 Å². The maximum Gasteiger partial charge on any atom is 0.325 e. The molecule has 0 aliphatic rings. The number of rotatable bonds is 10. The molecule has 2 unspecified atom stereocenters. The van der Waals surface area contributed by atoms with Gasteiger partial charge in [0.2, 0.25) is 0 Å². The number of hydrogen-bond acceptors (Lipinski definition) is 4. The minimum absolute atomic E-state index is 0.280.